The molecule has 2 heterocycles. The van der Waals surface area contributed by atoms with Gasteiger partial charge < -0.3 is 19.9 Å². The van der Waals surface area contributed by atoms with Gasteiger partial charge in [-0.15, -0.1) is 24.0 Å². The predicted molar refractivity (Wildman–Crippen MR) is 129 cm³/mol. The van der Waals surface area contributed by atoms with Gasteiger partial charge in [-0.05, 0) is 23.8 Å². The maximum Gasteiger partial charge on any atom is 0.225 e. The lowest BCUT2D eigenvalue weighted by Crippen LogP contribution is -2.54. The molecule has 2 aromatic rings. The van der Waals surface area contributed by atoms with Crippen LogP contribution in [0.3, 0.4) is 0 Å². The molecule has 8 heteroatoms. The topological polar surface area (TPSA) is 65.9 Å². The molecule has 1 aromatic heterocycles. The lowest BCUT2D eigenvalue weighted by Gasteiger charge is -2.37. The van der Waals surface area contributed by atoms with Crippen LogP contribution in [0.15, 0.2) is 47.7 Å². The summed E-state index contributed by atoms with van der Waals surface area (Å²) in [5.74, 6) is 2.62. The van der Waals surface area contributed by atoms with E-state index >= 15 is 0 Å². The lowest BCUT2D eigenvalue weighted by atomic mass is 9.84. The van der Waals surface area contributed by atoms with E-state index in [0.717, 1.165) is 50.4 Å². The summed E-state index contributed by atoms with van der Waals surface area (Å²) in [6.45, 7) is 8.81. The average molecular weight is 510 g/mol. The van der Waals surface area contributed by atoms with Crippen LogP contribution < -0.4 is 15.0 Å². The summed E-state index contributed by atoms with van der Waals surface area (Å²) in [5.41, 5.74) is 1.24. The molecule has 1 aliphatic heterocycles. The maximum atomic E-state index is 5.26. The van der Waals surface area contributed by atoms with E-state index in [9.17, 15) is 0 Å². The minimum atomic E-state index is -0.0259. The average Bonchev–Trinajstić information content (AvgIpc) is 2.75. The molecule has 29 heavy (non-hydrogen) atoms. The van der Waals surface area contributed by atoms with Crippen LogP contribution >= 0.6 is 24.0 Å². The minimum absolute atomic E-state index is 0. The number of ether oxygens (including phenoxy) is 1. The van der Waals surface area contributed by atoms with E-state index in [2.05, 4.69) is 56.1 Å². The number of benzene rings is 1. The number of guanidine groups is 1. The zero-order valence-corrected chi connectivity index (χ0v) is 20.0. The third-order valence-electron chi connectivity index (χ3n) is 5.19. The number of aliphatic imine (C=N–C) groups is 1. The van der Waals surface area contributed by atoms with Crippen molar-refractivity contribution in [3.63, 3.8) is 0 Å². The van der Waals surface area contributed by atoms with Crippen molar-refractivity contribution in [2.75, 3.05) is 51.8 Å². The molecule has 1 aromatic carbocycles. The quantitative estimate of drug-likeness (QED) is 0.379. The van der Waals surface area contributed by atoms with Gasteiger partial charge in [-0.25, -0.2) is 9.97 Å². The van der Waals surface area contributed by atoms with Gasteiger partial charge in [0, 0.05) is 57.6 Å². The summed E-state index contributed by atoms with van der Waals surface area (Å²) in [6.07, 6.45) is 3.58. The standard InChI is InChI=1S/C21H30N6O.HI/c1-21(2,17-6-8-18(28-4)9-7-17)16-25-19(22-3)26-12-14-27(15-13-26)20-23-10-5-11-24-20;/h5-11H,12-16H2,1-4H3,(H,22,25);1H. The van der Waals surface area contributed by atoms with Crippen molar-refractivity contribution in [2.45, 2.75) is 19.3 Å². The van der Waals surface area contributed by atoms with Crippen molar-refractivity contribution < 1.29 is 4.74 Å². The number of nitrogens with zero attached hydrogens (tertiary/aromatic N) is 5. The smallest absolute Gasteiger partial charge is 0.225 e. The molecule has 1 aliphatic rings. The highest BCUT2D eigenvalue weighted by atomic mass is 127. The first kappa shape index (κ1) is 23.2. The van der Waals surface area contributed by atoms with Gasteiger partial charge in [-0.3, -0.25) is 4.99 Å². The Bertz CT molecular complexity index is 774. The Morgan fingerprint density at radius 1 is 1.10 bits per heavy atom. The van der Waals surface area contributed by atoms with Gasteiger partial charge in [-0.1, -0.05) is 26.0 Å². The second-order valence-electron chi connectivity index (χ2n) is 7.54. The number of anilines is 1. The van der Waals surface area contributed by atoms with Gasteiger partial charge in [0.1, 0.15) is 5.75 Å². The molecule has 0 unspecified atom stereocenters. The second-order valence-corrected chi connectivity index (χ2v) is 7.54. The molecule has 158 valence electrons. The number of aromatic nitrogens is 2. The van der Waals surface area contributed by atoms with E-state index in [1.807, 2.05) is 25.2 Å². The van der Waals surface area contributed by atoms with Crippen LogP contribution in [0.2, 0.25) is 0 Å². The molecule has 0 amide bonds. The van der Waals surface area contributed by atoms with E-state index in [-0.39, 0.29) is 29.4 Å². The van der Waals surface area contributed by atoms with Crippen molar-refractivity contribution in [3.05, 3.63) is 48.3 Å². The zero-order chi connectivity index (χ0) is 20.0. The van der Waals surface area contributed by atoms with Crippen LogP contribution in [-0.4, -0.2) is 67.7 Å². The lowest BCUT2D eigenvalue weighted by molar-refractivity contribution is 0.364. The molecule has 3 rings (SSSR count). The molecule has 7 nitrogen and oxygen atoms in total. The van der Waals surface area contributed by atoms with Crippen molar-refractivity contribution in [1.82, 2.24) is 20.2 Å². The van der Waals surface area contributed by atoms with Crippen molar-refractivity contribution >= 4 is 35.9 Å². The van der Waals surface area contributed by atoms with Gasteiger partial charge in [0.2, 0.25) is 5.95 Å². The maximum absolute atomic E-state index is 5.26. The van der Waals surface area contributed by atoms with E-state index in [1.165, 1.54) is 5.56 Å². The molecule has 0 saturated carbocycles. The van der Waals surface area contributed by atoms with Crippen LogP contribution in [0.5, 0.6) is 5.75 Å². The number of nitrogens with one attached hydrogen (secondary N) is 1. The summed E-state index contributed by atoms with van der Waals surface area (Å²) in [4.78, 5) is 17.7. The number of hydrogen-bond donors (Lipinski definition) is 1. The minimum Gasteiger partial charge on any atom is -0.497 e. The fraction of sp³-hybridized carbons (Fsp3) is 0.476. The zero-order valence-electron chi connectivity index (χ0n) is 17.6. The Hall–Kier alpha value is -2.10. The fourth-order valence-electron chi connectivity index (χ4n) is 3.35. The monoisotopic (exact) mass is 510 g/mol. The first-order chi connectivity index (χ1) is 13.5. The molecular weight excluding hydrogens is 479 g/mol. The highest BCUT2D eigenvalue weighted by molar-refractivity contribution is 14.0. The summed E-state index contributed by atoms with van der Waals surface area (Å²) in [6, 6.07) is 10.1. The van der Waals surface area contributed by atoms with Gasteiger partial charge in [0.15, 0.2) is 5.96 Å². The predicted octanol–water partition coefficient (Wildman–Crippen LogP) is 2.78. The first-order valence-electron chi connectivity index (χ1n) is 9.65. The highest BCUT2D eigenvalue weighted by Crippen LogP contribution is 2.24. The van der Waals surface area contributed by atoms with E-state index in [4.69, 9.17) is 4.74 Å². The third-order valence-corrected chi connectivity index (χ3v) is 5.19. The Kier molecular flexibility index (Phi) is 8.48. The normalized spacial score (nSPS) is 15.0. The van der Waals surface area contributed by atoms with Gasteiger partial charge >= 0.3 is 0 Å². The molecule has 0 bridgehead atoms. The van der Waals surface area contributed by atoms with Gasteiger partial charge in [0.05, 0.1) is 7.11 Å². The van der Waals surface area contributed by atoms with E-state index in [0.29, 0.717) is 0 Å². The third kappa shape index (κ3) is 5.94. The van der Waals surface area contributed by atoms with Crippen molar-refractivity contribution in [2.24, 2.45) is 4.99 Å². The van der Waals surface area contributed by atoms with Crippen LogP contribution in [0.25, 0.3) is 0 Å². The van der Waals surface area contributed by atoms with Crippen molar-refractivity contribution in [3.8, 4) is 5.75 Å². The molecule has 1 N–H and O–H groups in total. The summed E-state index contributed by atoms with van der Waals surface area (Å²) >= 11 is 0. The van der Waals surface area contributed by atoms with E-state index < -0.39 is 0 Å². The second kappa shape index (κ2) is 10.6. The van der Waals surface area contributed by atoms with Crippen LogP contribution in [0, 0.1) is 0 Å². The number of halogens is 1. The number of piperazine rings is 1. The summed E-state index contributed by atoms with van der Waals surface area (Å²) in [5, 5.41) is 3.56. The van der Waals surface area contributed by atoms with Crippen molar-refractivity contribution in [1.29, 1.82) is 0 Å². The van der Waals surface area contributed by atoms with Crippen LogP contribution in [0.1, 0.15) is 19.4 Å². The van der Waals surface area contributed by atoms with Gasteiger partial charge in [0.25, 0.3) is 0 Å². The fourth-order valence-corrected chi connectivity index (χ4v) is 3.35. The molecule has 0 spiro atoms. The Labute approximate surface area is 190 Å². The molecule has 1 fully saturated rings. The number of hydrogen-bond acceptors (Lipinski definition) is 5. The number of methoxy groups -OCH3 is 1. The molecule has 0 atom stereocenters. The first-order valence-corrected chi connectivity index (χ1v) is 9.65. The van der Waals surface area contributed by atoms with Gasteiger partial charge in [-0.2, -0.15) is 0 Å². The number of rotatable bonds is 5. The Morgan fingerprint density at radius 3 is 2.28 bits per heavy atom. The van der Waals surface area contributed by atoms with Crippen LogP contribution in [0.4, 0.5) is 5.95 Å². The van der Waals surface area contributed by atoms with Crippen LogP contribution in [-0.2, 0) is 5.41 Å². The largest absolute Gasteiger partial charge is 0.497 e. The molecule has 1 saturated heterocycles. The van der Waals surface area contributed by atoms with E-state index in [1.54, 1.807) is 19.5 Å². The Morgan fingerprint density at radius 2 is 1.72 bits per heavy atom. The molecular formula is C21H31IN6O. The molecule has 0 aliphatic carbocycles. The molecule has 0 radical (unpaired) electrons. The highest BCUT2D eigenvalue weighted by Gasteiger charge is 2.24. The Balaban J connectivity index is 0.00000300. The SMILES string of the molecule is CN=C(NCC(C)(C)c1ccc(OC)cc1)N1CCN(c2ncccn2)CC1.I. The summed E-state index contributed by atoms with van der Waals surface area (Å²) in [7, 11) is 3.53. The summed E-state index contributed by atoms with van der Waals surface area (Å²) < 4.78 is 5.26.